The van der Waals surface area contributed by atoms with Crippen molar-refractivity contribution >= 4 is 5.69 Å². The van der Waals surface area contributed by atoms with Crippen molar-refractivity contribution in [2.75, 3.05) is 0 Å². The van der Waals surface area contributed by atoms with E-state index < -0.39 is 22.6 Å². The molecule has 1 unspecified atom stereocenters. The maximum Gasteiger partial charge on any atom is 0.305 e. The molecule has 1 rings (SSSR count). The SMILES string of the molecule is N#CC(F)c1ccc(F)c([N+](=O)[O-])c1. The van der Waals surface area contributed by atoms with E-state index in [1.807, 2.05) is 0 Å². The molecule has 72 valence electrons. The molecule has 0 fully saturated rings. The molecule has 1 aromatic rings. The minimum absolute atomic E-state index is 0.222. The van der Waals surface area contributed by atoms with Gasteiger partial charge < -0.3 is 0 Å². The standard InChI is InChI=1S/C8H4F2N2O2/c9-6-2-1-5(7(10)4-11)3-8(6)12(13)14/h1-3,7H. The number of hydrogen-bond acceptors (Lipinski definition) is 3. The van der Waals surface area contributed by atoms with Gasteiger partial charge >= 0.3 is 5.69 Å². The highest BCUT2D eigenvalue weighted by molar-refractivity contribution is 5.38. The summed E-state index contributed by atoms with van der Waals surface area (Å²) in [6, 6.07) is 3.72. The molecule has 14 heavy (non-hydrogen) atoms. The molecule has 0 spiro atoms. The van der Waals surface area contributed by atoms with Crippen LogP contribution in [0.5, 0.6) is 0 Å². The van der Waals surface area contributed by atoms with Gasteiger partial charge in [0.25, 0.3) is 0 Å². The molecule has 0 aliphatic carbocycles. The summed E-state index contributed by atoms with van der Waals surface area (Å²) in [6.45, 7) is 0. The normalized spacial score (nSPS) is 11.8. The van der Waals surface area contributed by atoms with Crippen LogP contribution in [0.25, 0.3) is 0 Å². The fourth-order valence-electron chi connectivity index (χ4n) is 0.902. The lowest BCUT2D eigenvalue weighted by atomic mass is 10.1. The smallest absolute Gasteiger partial charge is 0.258 e. The van der Waals surface area contributed by atoms with Gasteiger partial charge in [0.2, 0.25) is 12.0 Å². The van der Waals surface area contributed by atoms with Gasteiger partial charge in [0, 0.05) is 11.6 Å². The summed E-state index contributed by atoms with van der Waals surface area (Å²) in [5, 5.41) is 18.4. The third-order valence-electron chi connectivity index (χ3n) is 1.57. The first-order valence-corrected chi connectivity index (χ1v) is 3.53. The van der Waals surface area contributed by atoms with E-state index >= 15 is 0 Å². The Balaban J connectivity index is 3.21. The molecule has 1 atom stereocenters. The van der Waals surface area contributed by atoms with E-state index in [1.54, 1.807) is 0 Å². The van der Waals surface area contributed by atoms with Crippen LogP contribution in [0.1, 0.15) is 11.7 Å². The second-order valence-corrected chi connectivity index (χ2v) is 2.46. The average Bonchev–Trinajstić information content (AvgIpc) is 2.17. The van der Waals surface area contributed by atoms with Crippen molar-refractivity contribution in [3.8, 4) is 6.07 Å². The number of nitro benzene ring substituents is 1. The molecule has 0 aliphatic heterocycles. The minimum Gasteiger partial charge on any atom is -0.258 e. The fourth-order valence-corrected chi connectivity index (χ4v) is 0.902. The third-order valence-corrected chi connectivity index (χ3v) is 1.57. The number of benzene rings is 1. The molecule has 6 heteroatoms. The van der Waals surface area contributed by atoms with Crippen LogP contribution in [0.15, 0.2) is 18.2 Å². The second-order valence-electron chi connectivity index (χ2n) is 2.46. The van der Waals surface area contributed by atoms with Crippen molar-refractivity contribution in [1.29, 1.82) is 5.26 Å². The number of nitro groups is 1. The number of alkyl halides is 1. The minimum atomic E-state index is -1.98. The molecule has 0 N–H and O–H groups in total. The zero-order valence-corrected chi connectivity index (χ0v) is 6.78. The van der Waals surface area contributed by atoms with Gasteiger partial charge in [-0.1, -0.05) is 6.07 Å². The van der Waals surface area contributed by atoms with Gasteiger partial charge in [-0.2, -0.15) is 9.65 Å². The van der Waals surface area contributed by atoms with Crippen LogP contribution in [0, 0.1) is 27.3 Å². The maximum atomic E-state index is 12.7. The zero-order chi connectivity index (χ0) is 10.7. The molecular formula is C8H4F2N2O2. The van der Waals surface area contributed by atoms with Crippen LogP contribution < -0.4 is 0 Å². The van der Waals surface area contributed by atoms with E-state index in [-0.39, 0.29) is 5.56 Å². The topological polar surface area (TPSA) is 66.9 Å². The van der Waals surface area contributed by atoms with Gasteiger partial charge in [-0.25, -0.2) is 4.39 Å². The molecule has 0 saturated heterocycles. The van der Waals surface area contributed by atoms with Crippen LogP contribution >= 0.6 is 0 Å². The van der Waals surface area contributed by atoms with Crippen LogP contribution in [0.4, 0.5) is 14.5 Å². The Kier molecular flexibility index (Phi) is 2.72. The first-order chi connectivity index (χ1) is 6.56. The lowest BCUT2D eigenvalue weighted by molar-refractivity contribution is -0.387. The molecule has 0 radical (unpaired) electrons. The predicted molar refractivity (Wildman–Crippen MR) is 42.5 cm³/mol. The Morgan fingerprint density at radius 2 is 2.21 bits per heavy atom. The Morgan fingerprint density at radius 3 is 2.71 bits per heavy atom. The summed E-state index contributed by atoms with van der Waals surface area (Å²) in [5.74, 6) is -1.05. The van der Waals surface area contributed by atoms with Crippen molar-refractivity contribution in [3.63, 3.8) is 0 Å². The van der Waals surface area contributed by atoms with E-state index in [0.717, 1.165) is 12.1 Å². The predicted octanol–water partition coefficient (Wildman–Crippen LogP) is 2.27. The van der Waals surface area contributed by atoms with E-state index in [0.29, 0.717) is 6.07 Å². The number of nitriles is 1. The van der Waals surface area contributed by atoms with Crippen LogP contribution in [0.3, 0.4) is 0 Å². The van der Waals surface area contributed by atoms with Gasteiger partial charge in [-0.05, 0) is 6.07 Å². The quantitative estimate of drug-likeness (QED) is 0.540. The van der Waals surface area contributed by atoms with Crippen molar-refractivity contribution < 1.29 is 13.7 Å². The molecule has 0 amide bonds. The molecular weight excluding hydrogens is 194 g/mol. The highest BCUT2D eigenvalue weighted by Gasteiger charge is 2.18. The number of hydrogen-bond donors (Lipinski definition) is 0. The van der Waals surface area contributed by atoms with Gasteiger partial charge in [0.15, 0.2) is 0 Å². The molecule has 0 aromatic heterocycles. The highest BCUT2D eigenvalue weighted by atomic mass is 19.1. The van der Waals surface area contributed by atoms with Crippen LogP contribution in [-0.2, 0) is 0 Å². The average molecular weight is 198 g/mol. The van der Waals surface area contributed by atoms with E-state index in [4.69, 9.17) is 5.26 Å². The molecule has 0 bridgehead atoms. The van der Waals surface area contributed by atoms with Crippen molar-refractivity contribution in [2.45, 2.75) is 6.17 Å². The summed E-state index contributed by atoms with van der Waals surface area (Å²) in [7, 11) is 0. The first kappa shape index (κ1) is 10.1. The molecule has 0 aliphatic rings. The van der Waals surface area contributed by atoms with E-state index in [1.165, 1.54) is 6.07 Å². The van der Waals surface area contributed by atoms with Crippen molar-refractivity contribution in [1.82, 2.24) is 0 Å². The summed E-state index contributed by atoms with van der Waals surface area (Å²) in [4.78, 5) is 9.28. The monoisotopic (exact) mass is 198 g/mol. The summed E-state index contributed by atoms with van der Waals surface area (Å²) >= 11 is 0. The van der Waals surface area contributed by atoms with Gasteiger partial charge in [-0.3, -0.25) is 10.1 Å². The summed E-state index contributed by atoms with van der Waals surface area (Å²) < 4.78 is 25.5. The lowest BCUT2D eigenvalue weighted by Gasteiger charge is -1.99. The molecule has 0 heterocycles. The molecule has 0 saturated carbocycles. The Morgan fingerprint density at radius 1 is 1.57 bits per heavy atom. The Bertz CT molecular complexity index is 414. The summed E-state index contributed by atoms with van der Waals surface area (Å²) in [6.07, 6.45) is -1.98. The van der Waals surface area contributed by atoms with Crippen LogP contribution in [-0.4, -0.2) is 4.92 Å². The van der Waals surface area contributed by atoms with E-state index in [2.05, 4.69) is 0 Å². The van der Waals surface area contributed by atoms with Gasteiger partial charge in [-0.15, -0.1) is 0 Å². The first-order valence-electron chi connectivity index (χ1n) is 3.53. The second kappa shape index (κ2) is 3.79. The Labute approximate surface area is 77.5 Å². The van der Waals surface area contributed by atoms with Gasteiger partial charge in [0.05, 0.1) is 4.92 Å². The summed E-state index contributed by atoms with van der Waals surface area (Å²) in [5.41, 5.74) is -1.05. The van der Waals surface area contributed by atoms with Gasteiger partial charge in [0.1, 0.15) is 6.07 Å². The molecule has 4 nitrogen and oxygen atoms in total. The maximum absolute atomic E-state index is 12.7. The number of nitrogens with zero attached hydrogens (tertiary/aromatic N) is 2. The van der Waals surface area contributed by atoms with Crippen molar-refractivity contribution in [3.05, 3.63) is 39.7 Å². The highest BCUT2D eigenvalue weighted by Crippen LogP contribution is 2.24. The molecule has 1 aromatic carbocycles. The number of halogens is 2. The number of rotatable bonds is 2. The zero-order valence-electron chi connectivity index (χ0n) is 6.78. The van der Waals surface area contributed by atoms with E-state index in [9.17, 15) is 18.9 Å². The van der Waals surface area contributed by atoms with Crippen molar-refractivity contribution in [2.24, 2.45) is 0 Å². The fraction of sp³-hybridized carbons (Fsp3) is 0.125. The Hall–Kier alpha value is -2.03. The largest absolute Gasteiger partial charge is 0.305 e. The lowest BCUT2D eigenvalue weighted by Crippen LogP contribution is -1.95. The third kappa shape index (κ3) is 1.82. The van der Waals surface area contributed by atoms with Crippen LogP contribution in [0.2, 0.25) is 0 Å².